The van der Waals surface area contributed by atoms with Gasteiger partial charge in [0.1, 0.15) is 0 Å². The molecular formula is C15H15BrO. The van der Waals surface area contributed by atoms with Crippen molar-refractivity contribution in [3.05, 3.63) is 52.0 Å². The average Bonchev–Trinajstić information content (AvgIpc) is 2.34. The number of hydrogen-bond donors (Lipinski definition) is 0. The maximum absolute atomic E-state index is 12.4. The number of carbonyl (C=O) groups is 1. The van der Waals surface area contributed by atoms with Gasteiger partial charge in [0.05, 0.1) is 9.90 Å². The minimum atomic E-state index is -0.448. The summed E-state index contributed by atoms with van der Waals surface area (Å²) >= 11 is 3.38. The van der Waals surface area contributed by atoms with Gasteiger partial charge in [-0.05, 0) is 53.4 Å². The van der Waals surface area contributed by atoms with Crippen molar-refractivity contribution in [1.29, 1.82) is 0 Å². The molecule has 0 unspecified atom stereocenters. The van der Waals surface area contributed by atoms with Crippen LogP contribution in [0, 0.1) is 0 Å². The smallest absolute Gasteiger partial charge is 0.180 e. The summed E-state index contributed by atoms with van der Waals surface area (Å²) in [6, 6.07) is 8.10. The molecule has 0 bridgehead atoms. The van der Waals surface area contributed by atoms with E-state index >= 15 is 0 Å². The molecule has 0 saturated carbocycles. The number of fused-ring (bicyclic) bond motifs is 1. The molecule has 2 heteroatoms. The molecule has 88 valence electrons. The molecule has 1 atom stereocenters. The molecule has 0 heterocycles. The van der Waals surface area contributed by atoms with Gasteiger partial charge in [-0.2, -0.15) is 0 Å². The van der Waals surface area contributed by atoms with E-state index in [2.05, 4.69) is 28.1 Å². The molecule has 1 aromatic rings. The van der Waals surface area contributed by atoms with E-state index in [0.29, 0.717) is 4.48 Å². The second-order valence-corrected chi connectivity index (χ2v) is 5.37. The molecule has 0 radical (unpaired) electrons. The SMILES string of the molecule is C/C=C/C[C@]1(C)C(=O)C(Br)=Cc2ccccc21. The lowest BCUT2D eigenvalue weighted by Crippen LogP contribution is -2.35. The van der Waals surface area contributed by atoms with Crippen molar-refractivity contribution >= 4 is 27.8 Å². The lowest BCUT2D eigenvalue weighted by molar-refractivity contribution is -0.119. The van der Waals surface area contributed by atoms with Crippen molar-refractivity contribution in [2.45, 2.75) is 25.7 Å². The van der Waals surface area contributed by atoms with E-state index in [9.17, 15) is 4.79 Å². The molecule has 0 N–H and O–H groups in total. The summed E-state index contributed by atoms with van der Waals surface area (Å²) in [6.45, 7) is 4.00. The maximum atomic E-state index is 12.4. The van der Waals surface area contributed by atoms with Crippen molar-refractivity contribution in [3.8, 4) is 0 Å². The van der Waals surface area contributed by atoms with Gasteiger partial charge in [0.2, 0.25) is 0 Å². The number of ketones is 1. The Morgan fingerprint density at radius 2 is 2.06 bits per heavy atom. The standard InChI is InChI=1S/C15H15BrO/c1-3-4-9-15(2)12-8-6-5-7-11(12)10-13(16)14(15)17/h3-8,10H,9H2,1-2H3/b4-3+/t15-/m0/s1. The van der Waals surface area contributed by atoms with E-state index in [4.69, 9.17) is 0 Å². The second-order valence-electron chi connectivity index (χ2n) is 4.51. The van der Waals surface area contributed by atoms with Crippen LogP contribution in [0.4, 0.5) is 0 Å². The Labute approximate surface area is 110 Å². The van der Waals surface area contributed by atoms with Crippen LogP contribution in [0.2, 0.25) is 0 Å². The highest BCUT2D eigenvalue weighted by Crippen LogP contribution is 2.40. The molecule has 0 aliphatic heterocycles. The van der Waals surface area contributed by atoms with Crippen LogP contribution in [-0.4, -0.2) is 5.78 Å². The molecule has 17 heavy (non-hydrogen) atoms. The van der Waals surface area contributed by atoms with Crippen LogP contribution in [-0.2, 0) is 10.2 Å². The Hall–Kier alpha value is -1.15. The molecule has 1 nitrogen and oxygen atoms in total. The predicted molar refractivity (Wildman–Crippen MR) is 75.1 cm³/mol. The number of benzene rings is 1. The summed E-state index contributed by atoms with van der Waals surface area (Å²) in [5.74, 6) is 0.161. The molecular weight excluding hydrogens is 276 g/mol. The number of Topliss-reactive ketones (excluding diaryl/α,β-unsaturated/α-hetero) is 1. The van der Waals surface area contributed by atoms with Crippen molar-refractivity contribution in [1.82, 2.24) is 0 Å². The third-order valence-corrected chi connectivity index (χ3v) is 3.91. The minimum Gasteiger partial charge on any atom is -0.293 e. The van der Waals surface area contributed by atoms with E-state index in [1.54, 1.807) is 0 Å². The zero-order valence-corrected chi connectivity index (χ0v) is 11.6. The number of hydrogen-bond acceptors (Lipinski definition) is 1. The van der Waals surface area contributed by atoms with E-state index < -0.39 is 5.41 Å². The first-order valence-corrected chi connectivity index (χ1v) is 6.51. The van der Waals surface area contributed by atoms with Gasteiger partial charge in [-0.15, -0.1) is 0 Å². The Morgan fingerprint density at radius 3 is 2.76 bits per heavy atom. The maximum Gasteiger partial charge on any atom is 0.180 e. The molecule has 2 rings (SSSR count). The first-order chi connectivity index (χ1) is 8.09. The second kappa shape index (κ2) is 4.61. The van der Waals surface area contributed by atoms with Crippen molar-refractivity contribution < 1.29 is 4.79 Å². The van der Waals surface area contributed by atoms with Crippen LogP contribution in [0.3, 0.4) is 0 Å². The zero-order valence-electron chi connectivity index (χ0n) is 10.0. The summed E-state index contributed by atoms with van der Waals surface area (Å²) in [7, 11) is 0. The fraction of sp³-hybridized carbons (Fsp3) is 0.267. The average molecular weight is 291 g/mol. The van der Waals surface area contributed by atoms with Gasteiger partial charge in [-0.1, -0.05) is 36.4 Å². The zero-order chi connectivity index (χ0) is 12.5. The lowest BCUT2D eigenvalue weighted by atomic mass is 9.71. The van der Waals surface area contributed by atoms with Gasteiger partial charge in [-0.25, -0.2) is 0 Å². The largest absolute Gasteiger partial charge is 0.293 e. The van der Waals surface area contributed by atoms with Crippen molar-refractivity contribution in [2.24, 2.45) is 0 Å². The first-order valence-electron chi connectivity index (χ1n) is 5.72. The summed E-state index contributed by atoms with van der Waals surface area (Å²) in [4.78, 5) is 12.4. The minimum absolute atomic E-state index is 0.161. The number of rotatable bonds is 2. The van der Waals surface area contributed by atoms with Gasteiger partial charge < -0.3 is 0 Å². The highest BCUT2D eigenvalue weighted by atomic mass is 79.9. The van der Waals surface area contributed by atoms with E-state index in [-0.39, 0.29) is 5.78 Å². The van der Waals surface area contributed by atoms with Crippen LogP contribution in [0.1, 0.15) is 31.4 Å². The normalized spacial score (nSPS) is 23.7. The number of allylic oxidation sites excluding steroid dienone is 3. The first kappa shape index (κ1) is 12.3. The lowest BCUT2D eigenvalue weighted by Gasteiger charge is -2.32. The number of halogens is 1. The van der Waals surface area contributed by atoms with Crippen LogP contribution >= 0.6 is 15.9 Å². The molecule has 0 fully saturated rings. The van der Waals surface area contributed by atoms with Crippen molar-refractivity contribution in [2.75, 3.05) is 0 Å². The fourth-order valence-corrected chi connectivity index (χ4v) is 2.95. The third-order valence-electron chi connectivity index (χ3n) is 3.32. The van der Waals surface area contributed by atoms with Gasteiger partial charge >= 0.3 is 0 Å². The topological polar surface area (TPSA) is 17.1 Å². The van der Waals surface area contributed by atoms with Gasteiger partial charge in [0.15, 0.2) is 5.78 Å². The van der Waals surface area contributed by atoms with Crippen molar-refractivity contribution in [3.63, 3.8) is 0 Å². The summed E-state index contributed by atoms with van der Waals surface area (Å²) in [5, 5.41) is 0. The highest BCUT2D eigenvalue weighted by molar-refractivity contribution is 9.12. The van der Waals surface area contributed by atoms with E-state index in [1.807, 2.05) is 44.2 Å². The Kier molecular flexibility index (Phi) is 3.34. The van der Waals surface area contributed by atoms with Gasteiger partial charge in [0.25, 0.3) is 0 Å². The molecule has 0 aromatic heterocycles. The van der Waals surface area contributed by atoms with Gasteiger partial charge in [-0.3, -0.25) is 4.79 Å². The molecule has 0 amide bonds. The monoisotopic (exact) mass is 290 g/mol. The quantitative estimate of drug-likeness (QED) is 0.745. The molecule has 0 spiro atoms. The molecule has 0 saturated heterocycles. The highest BCUT2D eigenvalue weighted by Gasteiger charge is 2.39. The Balaban J connectivity index is 2.59. The van der Waals surface area contributed by atoms with E-state index in [1.165, 1.54) is 0 Å². The summed E-state index contributed by atoms with van der Waals surface area (Å²) in [6.07, 6.45) is 6.70. The predicted octanol–water partition coefficient (Wildman–Crippen LogP) is 4.23. The molecule has 1 aliphatic rings. The Morgan fingerprint density at radius 1 is 1.35 bits per heavy atom. The third kappa shape index (κ3) is 2.02. The van der Waals surface area contributed by atoms with E-state index in [0.717, 1.165) is 17.5 Å². The van der Waals surface area contributed by atoms with Crippen LogP contribution in [0.15, 0.2) is 40.9 Å². The van der Waals surface area contributed by atoms with Crippen LogP contribution in [0.5, 0.6) is 0 Å². The number of carbonyl (C=O) groups excluding carboxylic acids is 1. The van der Waals surface area contributed by atoms with Gasteiger partial charge in [0, 0.05) is 0 Å². The van der Waals surface area contributed by atoms with Crippen LogP contribution < -0.4 is 0 Å². The fourth-order valence-electron chi connectivity index (χ4n) is 2.27. The molecule has 1 aliphatic carbocycles. The Bertz CT molecular complexity index is 513. The van der Waals surface area contributed by atoms with Crippen LogP contribution in [0.25, 0.3) is 6.08 Å². The summed E-state index contributed by atoms with van der Waals surface area (Å²) < 4.78 is 0.670. The molecule has 1 aromatic carbocycles. The summed E-state index contributed by atoms with van der Waals surface area (Å²) in [5.41, 5.74) is 1.80.